The highest BCUT2D eigenvalue weighted by Gasteiger charge is 2.32. The van der Waals surface area contributed by atoms with Gasteiger partial charge in [-0.1, -0.05) is 25.7 Å². The van der Waals surface area contributed by atoms with E-state index >= 15 is 0 Å². The Balaban J connectivity index is 0. The molecule has 0 aliphatic carbocycles. The van der Waals surface area contributed by atoms with Crippen molar-refractivity contribution in [3.05, 3.63) is 24.0 Å². The number of aromatic nitrogens is 1. The number of halogens is 2. The van der Waals surface area contributed by atoms with Crippen LogP contribution in [0.5, 0.6) is 5.75 Å². The number of quaternary nitrogens is 2. The monoisotopic (exact) mass is 694 g/mol. The predicted molar refractivity (Wildman–Crippen MR) is 150 cm³/mol. The van der Waals surface area contributed by atoms with Crippen LogP contribution in [-0.4, -0.2) is 104 Å². The SMILES string of the molecule is CC[N+](CC)(CCCCCCCCCC[N+](C)(C)C(=O)c1ncccc1OC(=O)N(C)C)CCOC(C)=O.[Br-].[Br-]. The molecule has 0 unspecified atom stereocenters. The highest BCUT2D eigenvalue weighted by molar-refractivity contribution is 5.90. The van der Waals surface area contributed by atoms with Crippen molar-refractivity contribution in [3.63, 3.8) is 0 Å². The average Bonchev–Trinajstić information content (AvgIpc) is 2.88. The molecule has 0 fully saturated rings. The molecule has 0 aliphatic rings. The smallest absolute Gasteiger partial charge is 0.414 e. The summed E-state index contributed by atoms with van der Waals surface area (Å²) >= 11 is 0. The van der Waals surface area contributed by atoms with Crippen LogP contribution in [0.1, 0.15) is 82.6 Å². The summed E-state index contributed by atoms with van der Waals surface area (Å²) in [6.07, 6.45) is 10.3. The number of hydrogen-bond acceptors (Lipinski definition) is 6. The Kier molecular flexibility index (Phi) is 21.5. The van der Waals surface area contributed by atoms with Gasteiger partial charge in [0.15, 0.2) is 5.75 Å². The number of carbonyl (C=O) groups excluding carboxylic acids is 3. The van der Waals surface area contributed by atoms with Gasteiger partial charge in [0.25, 0.3) is 0 Å². The maximum Gasteiger partial charge on any atom is 0.414 e. The summed E-state index contributed by atoms with van der Waals surface area (Å²) in [6.45, 7) is 11.3. The minimum Gasteiger partial charge on any atom is -1.00 e. The van der Waals surface area contributed by atoms with Crippen LogP contribution in [0.25, 0.3) is 0 Å². The molecule has 0 aromatic carbocycles. The molecular weight excluding hydrogens is 644 g/mol. The van der Waals surface area contributed by atoms with Crippen molar-refractivity contribution in [1.82, 2.24) is 9.88 Å². The van der Waals surface area contributed by atoms with Crippen molar-refractivity contribution in [3.8, 4) is 5.75 Å². The first kappa shape index (κ1) is 40.6. The Labute approximate surface area is 263 Å². The van der Waals surface area contributed by atoms with Gasteiger partial charge < -0.3 is 52.8 Å². The number of nitrogens with zero attached hydrogens (tertiary/aromatic N) is 4. The first-order valence-electron chi connectivity index (χ1n) is 14.2. The molecule has 0 bridgehead atoms. The largest absolute Gasteiger partial charge is 1.00 e. The molecule has 0 saturated carbocycles. The van der Waals surface area contributed by atoms with E-state index in [0.717, 1.165) is 49.9 Å². The number of unbranched alkanes of at least 4 members (excludes halogenated alkanes) is 7. The van der Waals surface area contributed by atoms with E-state index in [1.165, 1.54) is 43.9 Å². The fourth-order valence-electron chi connectivity index (χ4n) is 4.57. The van der Waals surface area contributed by atoms with Crippen LogP contribution in [0.4, 0.5) is 4.79 Å². The second-order valence-corrected chi connectivity index (χ2v) is 10.9. The molecule has 1 rings (SSSR count). The zero-order chi connectivity index (χ0) is 28.6. The van der Waals surface area contributed by atoms with Crippen LogP contribution in [0, 0.1) is 0 Å². The number of esters is 1. The van der Waals surface area contributed by atoms with Crippen LogP contribution in [0.2, 0.25) is 0 Å². The normalized spacial score (nSPS) is 11.2. The third-order valence-corrected chi connectivity index (χ3v) is 7.40. The molecule has 0 spiro atoms. The van der Waals surface area contributed by atoms with Crippen molar-refractivity contribution in [2.45, 2.75) is 72.1 Å². The van der Waals surface area contributed by atoms with E-state index in [2.05, 4.69) is 18.8 Å². The van der Waals surface area contributed by atoms with Crippen molar-refractivity contribution < 1.29 is 66.8 Å². The molecule has 0 atom stereocenters. The van der Waals surface area contributed by atoms with E-state index < -0.39 is 6.09 Å². The molecule has 2 amide bonds. The molecule has 1 heterocycles. The van der Waals surface area contributed by atoms with Crippen LogP contribution < -0.4 is 38.7 Å². The van der Waals surface area contributed by atoms with Gasteiger partial charge in [0.05, 0.1) is 40.3 Å². The molecule has 9 nitrogen and oxygen atoms in total. The third-order valence-electron chi connectivity index (χ3n) is 7.40. The lowest BCUT2D eigenvalue weighted by Gasteiger charge is -2.36. The maximum absolute atomic E-state index is 13.2. The molecule has 0 N–H and O–H groups in total. The minimum absolute atomic E-state index is 0. The number of ether oxygens (including phenoxy) is 2. The number of pyridine rings is 1. The lowest BCUT2D eigenvalue weighted by Crippen LogP contribution is -3.00. The Morgan fingerprint density at radius 2 is 1.38 bits per heavy atom. The van der Waals surface area contributed by atoms with E-state index in [4.69, 9.17) is 9.47 Å². The molecule has 0 radical (unpaired) electrons. The molecule has 0 saturated heterocycles. The zero-order valence-corrected chi connectivity index (χ0v) is 28.9. The summed E-state index contributed by atoms with van der Waals surface area (Å²) in [5.74, 6) is -0.163. The van der Waals surface area contributed by atoms with Gasteiger partial charge in [0, 0.05) is 27.2 Å². The summed E-state index contributed by atoms with van der Waals surface area (Å²) in [6, 6.07) is 3.26. The second kappa shape index (κ2) is 21.2. The Hall–Kier alpha value is -1.56. The molecule has 1 aromatic rings. The quantitative estimate of drug-likeness (QED) is 0.110. The van der Waals surface area contributed by atoms with Crippen molar-refractivity contribution in [2.24, 2.45) is 0 Å². The number of amides is 2. The summed E-state index contributed by atoms with van der Waals surface area (Å²) in [7, 11) is 6.95. The summed E-state index contributed by atoms with van der Waals surface area (Å²) < 4.78 is 11.7. The molecule has 11 heteroatoms. The van der Waals surface area contributed by atoms with Gasteiger partial charge in [0.1, 0.15) is 13.2 Å². The second-order valence-electron chi connectivity index (χ2n) is 10.9. The van der Waals surface area contributed by atoms with Gasteiger partial charge in [-0.15, -0.1) is 0 Å². The summed E-state index contributed by atoms with van der Waals surface area (Å²) in [5, 5.41) is 0. The van der Waals surface area contributed by atoms with E-state index in [1.54, 1.807) is 32.4 Å². The third kappa shape index (κ3) is 14.9. The van der Waals surface area contributed by atoms with E-state index in [-0.39, 0.29) is 61.8 Å². The minimum atomic E-state index is -0.536. The van der Waals surface area contributed by atoms with Crippen molar-refractivity contribution >= 4 is 18.0 Å². The number of carbonyl (C=O) groups is 3. The fraction of sp³-hybridized carbons (Fsp3) is 0.724. The predicted octanol–water partition coefficient (Wildman–Crippen LogP) is -1.09. The Bertz CT molecular complexity index is 880. The first-order chi connectivity index (χ1) is 18.0. The Morgan fingerprint density at radius 3 is 1.88 bits per heavy atom. The van der Waals surface area contributed by atoms with E-state index in [9.17, 15) is 14.4 Å². The van der Waals surface area contributed by atoms with E-state index in [0.29, 0.717) is 13.2 Å². The highest BCUT2D eigenvalue weighted by atomic mass is 79.9. The fourth-order valence-corrected chi connectivity index (χ4v) is 4.57. The first-order valence-corrected chi connectivity index (χ1v) is 14.2. The van der Waals surface area contributed by atoms with Gasteiger partial charge >= 0.3 is 18.0 Å². The highest BCUT2D eigenvalue weighted by Crippen LogP contribution is 2.21. The van der Waals surface area contributed by atoms with Gasteiger partial charge in [-0.05, 0) is 51.7 Å². The van der Waals surface area contributed by atoms with Crippen molar-refractivity contribution in [2.75, 3.05) is 67.5 Å². The van der Waals surface area contributed by atoms with E-state index in [1.807, 2.05) is 14.1 Å². The van der Waals surface area contributed by atoms with Gasteiger partial charge in [-0.2, -0.15) is 0 Å². The molecule has 40 heavy (non-hydrogen) atoms. The van der Waals surface area contributed by atoms with Crippen LogP contribution in [0.3, 0.4) is 0 Å². The van der Waals surface area contributed by atoms with Gasteiger partial charge in [-0.3, -0.25) is 9.28 Å². The van der Waals surface area contributed by atoms with Gasteiger partial charge in [-0.25, -0.2) is 14.6 Å². The standard InChI is InChI=1S/C29H52N4O5.2BrH/c1-8-33(9-2,23-24-37-25(3)34)22-17-15-13-11-10-12-14-16-21-32(6,7)28(35)27-26(19-18-20-30-27)38-29(36)31(4)5;;/h18-20H,8-17,21-24H2,1-7H3;2*1H/q+2;;/p-2. The zero-order valence-electron chi connectivity index (χ0n) is 25.7. The molecule has 232 valence electrons. The lowest BCUT2D eigenvalue weighted by atomic mass is 10.1. The maximum atomic E-state index is 13.2. The van der Waals surface area contributed by atoms with Crippen LogP contribution in [0.15, 0.2) is 18.3 Å². The Morgan fingerprint density at radius 1 is 0.850 bits per heavy atom. The molecule has 1 aromatic heterocycles. The molecule has 0 aliphatic heterocycles. The van der Waals surface area contributed by atoms with Gasteiger partial charge in [0.2, 0.25) is 5.69 Å². The summed E-state index contributed by atoms with van der Waals surface area (Å²) in [5.41, 5.74) is 0.188. The number of rotatable bonds is 18. The summed E-state index contributed by atoms with van der Waals surface area (Å²) in [4.78, 5) is 41.8. The lowest BCUT2D eigenvalue weighted by molar-refractivity contribution is -0.925. The topological polar surface area (TPSA) is 85.8 Å². The number of likely N-dealkylation sites (N-methyl/N-ethyl adjacent to an activating group) is 1. The van der Waals surface area contributed by atoms with Crippen LogP contribution in [-0.2, 0) is 9.53 Å². The number of hydrogen-bond donors (Lipinski definition) is 0. The molecular formula is C29H52Br2N4O5. The average molecular weight is 697 g/mol. The van der Waals surface area contributed by atoms with Crippen LogP contribution >= 0.6 is 0 Å². The van der Waals surface area contributed by atoms with Crippen molar-refractivity contribution in [1.29, 1.82) is 0 Å².